The van der Waals surface area contributed by atoms with Crippen LogP contribution in [-0.4, -0.2) is 38.5 Å². The molecule has 1 fully saturated rings. The first-order valence-corrected chi connectivity index (χ1v) is 10.0. The molecular formula is C18H15F4NO4S. The van der Waals surface area contributed by atoms with Gasteiger partial charge in [-0.25, -0.2) is 17.2 Å². The van der Waals surface area contributed by atoms with Crippen molar-refractivity contribution in [2.45, 2.75) is 12.5 Å². The van der Waals surface area contributed by atoms with Crippen LogP contribution in [0.4, 0.5) is 23.2 Å². The highest BCUT2D eigenvalue weighted by Gasteiger charge is 2.36. The Morgan fingerprint density at radius 2 is 1.68 bits per heavy atom. The lowest BCUT2D eigenvalue weighted by atomic mass is 10.2. The van der Waals surface area contributed by atoms with Crippen molar-refractivity contribution in [3.8, 4) is 5.75 Å². The van der Waals surface area contributed by atoms with Gasteiger partial charge in [0.05, 0.1) is 17.5 Å². The molecule has 10 heteroatoms. The summed E-state index contributed by atoms with van der Waals surface area (Å²) in [6.45, 7) is -0.942. The molecule has 2 aromatic carbocycles. The second-order valence-electron chi connectivity index (χ2n) is 6.24. The average molecular weight is 417 g/mol. The molecule has 1 amide bonds. The Balaban J connectivity index is 1.85. The van der Waals surface area contributed by atoms with Crippen LogP contribution in [0.3, 0.4) is 0 Å². The number of ether oxygens (including phenoxy) is 1. The molecular weight excluding hydrogens is 402 g/mol. The fourth-order valence-electron chi connectivity index (χ4n) is 3.01. The monoisotopic (exact) mass is 417 g/mol. The Labute approximate surface area is 158 Å². The maximum absolute atomic E-state index is 13.7. The highest BCUT2D eigenvalue weighted by Crippen LogP contribution is 2.28. The van der Waals surface area contributed by atoms with Gasteiger partial charge < -0.3 is 9.64 Å². The summed E-state index contributed by atoms with van der Waals surface area (Å²) in [6.07, 6.45) is 0.181. The van der Waals surface area contributed by atoms with Crippen molar-refractivity contribution in [1.29, 1.82) is 0 Å². The van der Waals surface area contributed by atoms with E-state index < -0.39 is 57.4 Å². The number of carbonyl (C=O) groups excluding carboxylic acids is 1. The zero-order chi connectivity index (χ0) is 20.5. The van der Waals surface area contributed by atoms with E-state index in [2.05, 4.69) is 0 Å². The molecule has 1 aliphatic rings. The van der Waals surface area contributed by atoms with E-state index in [1.165, 1.54) is 0 Å². The van der Waals surface area contributed by atoms with Gasteiger partial charge in [-0.1, -0.05) is 18.2 Å². The highest BCUT2D eigenvalue weighted by atomic mass is 32.2. The topological polar surface area (TPSA) is 63.7 Å². The molecule has 0 saturated carbocycles. The molecule has 1 aliphatic heterocycles. The minimum absolute atomic E-state index is 0.0268. The maximum atomic E-state index is 13.7. The minimum Gasteiger partial charge on any atom is -0.477 e. The summed E-state index contributed by atoms with van der Waals surface area (Å²) in [5.74, 6) is -9.39. The second-order valence-corrected chi connectivity index (χ2v) is 8.47. The summed E-state index contributed by atoms with van der Waals surface area (Å²) in [6, 6.07) is 7.40. The smallest absolute Gasteiger partial charge is 0.265 e. The van der Waals surface area contributed by atoms with E-state index in [0.29, 0.717) is 5.69 Å². The first kappa shape index (κ1) is 20.1. The van der Waals surface area contributed by atoms with Crippen LogP contribution in [0.25, 0.3) is 0 Å². The first-order chi connectivity index (χ1) is 13.2. The number of hydrogen-bond acceptors (Lipinski definition) is 4. The predicted octanol–water partition coefficient (Wildman–Crippen LogP) is 2.84. The lowest BCUT2D eigenvalue weighted by Gasteiger charge is -2.28. The first-order valence-electron chi connectivity index (χ1n) is 8.23. The number of rotatable bonds is 5. The minimum atomic E-state index is -3.33. The van der Waals surface area contributed by atoms with Crippen LogP contribution in [0.2, 0.25) is 0 Å². The zero-order valence-electron chi connectivity index (χ0n) is 14.4. The highest BCUT2D eigenvalue weighted by molar-refractivity contribution is 7.91. The van der Waals surface area contributed by atoms with Crippen LogP contribution in [0.15, 0.2) is 36.4 Å². The molecule has 1 atom stereocenters. The van der Waals surface area contributed by atoms with Crippen LogP contribution in [0, 0.1) is 23.3 Å². The van der Waals surface area contributed by atoms with E-state index in [-0.39, 0.29) is 24.0 Å². The van der Waals surface area contributed by atoms with Gasteiger partial charge in [-0.15, -0.1) is 0 Å². The third-order valence-corrected chi connectivity index (χ3v) is 6.04. The van der Waals surface area contributed by atoms with E-state index in [1.807, 2.05) is 0 Å². The number of nitrogens with zero attached hydrogens (tertiary/aromatic N) is 1. The van der Waals surface area contributed by atoms with Crippen LogP contribution in [0.1, 0.15) is 6.42 Å². The Bertz CT molecular complexity index is 972. The number of benzene rings is 2. The summed E-state index contributed by atoms with van der Waals surface area (Å²) in [4.78, 5) is 13.8. The molecule has 0 spiro atoms. The fourth-order valence-corrected chi connectivity index (χ4v) is 4.71. The number of halogens is 4. The molecule has 0 N–H and O–H groups in total. The molecule has 1 heterocycles. The molecule has 5 nitrogen and oxygen atoms in total. The molecule has 2 aromatic rings. The fraction of sp³-hybridized carbons (Fsp3) is 0.278. The van der Waals surface area contributed by atoms with E-state index in [9.17, 15) is 30.8 Å². The van der Waals surface area contributed by atoms with Crippen molar-refractivity contribution in [2.75, 3.05) is 23.0 Å². The van der Waals surface area contributed by atoms with Crippen molar-refractivity contribution in [3.05, 3.63) is 59.7 Å². The Morgan fingerprint density at radius 3 is 2.21 bits per heavy atom. The van der Waals surface area contributed by atoms with E-state index in [0.717, 1.165) is 4.90 Å². The van der Waals surface area contributed by atoms with Gasteiger partial charge in [0, 0.05) is 11.8 Å². The molecule has 150 valence electrons. The molecule has 0 radical (unpaired) electrons. The standard InChI is InChI=1S/C18H15F4NO4S/c19-13-8-14(20)17(22)18(16(13)21)27-9-15(24)23(11-4-2-1-3-5-11)12-6-7-28(25,26)10-12/h1-5,8,12H,6-7,9-10H2/t12-/m1/s1. The molecule has 3 rings (SSSR count). The van der Waals surface area contributed by atoms with Crippen molar-refractivity contribution in [1.82, 2.24) is 0 Å². The molecule has 0 aliphatic carbocycles. The summed E-state index contributed by atoms with van der Waals surface area (Å²) in [5.41, 5.74) is 0.365. The molecule has 0 unspecified atom stereocenters. The Hall–Kier alpha value is -2.62. The maximum Gasteiger partial charge on any atom is 0.265 e. The lowest BCUT2D eigenvalue weighted by Crippen LogP contribution is -2.44. The molecule has 0 aromatic heterocycles. The van der Waals surface area contributed by atoms with Crippen molar-refractivity contribution in [2.24, 2.45) is 0 Å². The van der Waals surface area contributed by atoms with Crippen molar-refractivity contribution in [3.63, 3.8) is 0 Å². The van der Waals surface area contributed by atoms with Gasteiger partial charge in [-0.3, -0.25) is 4.79 Å². The van der Waals surface area contributed by atoms with Gasteiger partial charge >= 0.3 is 0 Å². The molecule has 28 heavy (non-hydrogen) atoms. The number of hydrogen-bond donors (Lipinski definition) is 0. The Morgan fingerprint density at radius 1 is 1.07 bits per heavy atom. The lowest BCUT2D eigenvalue weighted by molar-refractivity contribution is -0.121. The van der Waals surface area contributed by atoms with Gasteiger partial charge in [-0.05, 0) is 18.6 Å². The van der Waals surface area contributed by atoms with E-state index in [4.69, 9.17) is 4.74 Å². The summed E-state index contributed by atoms with van der Waals surface area (Å²) >= 11 is 0. The van der Waals surface area contributed by atoms with Gasteiger partial charge in [0.1, 0.15) is 0 Å². The molecule has 1 saturated heterocycles. The zero-order valence-corrected chi connectivity index (χ0v) is 15.2. The number of anilines is 1. The largest absolute Gasteiger partial charge is 0.477 e. The number of carbonyl (C=O) groups is 1. The number of para-hydroxylation sites is 1. The van der Waals surface area contributed by atoms with Crippen LogP contribution in [-0.2, 0) is 14.6 Å². The Kier molecular flexibility index (Phi) is 5.59. The predicted molar refractivity (Wildman–Crippen MR) is 92.8 cm³/mol. The van der Waals surface area contributed by atoms with Gasteiger partial charge in [-0.2, -0.15) is 8.78 Å². The molecule has 0 bridgehead atoms. The van der Waals surface area contributed by atoms with Gasteiger partial charge in [0.2, 0.25) is 11.6 Å². The summed E-state index contributed by atoms with van der Waals surface area (Å²) in [5, 5.41) is 0. The van der Waals surface area contributed by atoms with Crippen LogP contribution in [0.5, 0.6) is 5.75 Å². The van der Waals surface area contributed by atoms with Crippen molar-refractivity contribution >= 4 is 21.4 Å². The third kappa shape index (κ3) is 4.11. The normalized spacial score (nSPS) is 18.1. The SMILES string of the molecule is O=C(COc1c(F)c(F)cc(F)c1F)N(c1ccccc1)[C@@H]1CCS(=O)(=O)C1. The quantitative estimate of drug-likeness (QED) is 0.555. The summed E-state index contributed by atoms with van der Waals surface area (Å²) < 4.78 is 82.3. The number of amides is 1. The number of sulfone groups is 1. The van der Waals surface area contributed by atoms with Crippen molar-refractivity contribution < 1.29 is 35.5 Å². The van der Waals surface area contributed by atoms with Crippen LogP contribution < -0.4 is 9.64 Å². The third-order valence-electron chi connectivity index (χ3n) is 4.29. The van der Waals surface area contributed by atoms with E-state index >= 15 is 0 Å². The summed E-state index contributed by atoms with van der Waals surface area (Å²) in [7, 11) is -3.33. The van der Waals surface area contributed by atoms with E-state index in [1.54, 1.807) is 30.3 Å². The van der Waals surface area contributed by atoms with Gasteiger partial charge in [0.15, 0.2) is 33.8 Å². The van der Waals surface area contributed by atoms with Crippen LogP contribution >= 0.6 is 0 Å². The van der Waals surface area contributed by atoms with Gasteiger partial charge in [0.25, 0.3) is 5.91 Å². The second kappa shape index (κ2) is 7.78. The average Bonchev–Trinajstić information content (AvgIpc) is 3.00.